The Kier molecular flexibility index (Phi) is 13.8. The van der Waals surface area contributed by atoms with E-state index < -0.39 is 26.0 Å². The van der Waals surface area contributed by atoms with Crippen LogP contribution in [0.2, 0.25) is 0 Å². The van der Waals surface area contributed by atoms with Gasteiger partial charge in [0.25, 0.3) is 0 Å². The first-order valence-electron chi connectivity index (χ1n) is 16.4. The van der Waals surface area contributed by atoms with Crippen LogP contribution in [0.25, 0.3) is 0 Å². The molecule has 0 spiro atoms. The molecule has 0 heterocycles. The van der Waals surface area contributed by atoms with E-state index in [1.54, 1.807) is 38.3 Å². The predicted octanol–water partition coefficient (Wildman–Crippen LogP) is 7.09. The Morgan fingerprint density at radius 2 is 1.27 bits per heavy atom. The molecule has 0 fully saturated rings. The van der Waals surface area contributed by atoms with E-state index in [0.29, 0.717) is 29.9 Å². The van der Waals surface area contributed by atoms with E-state index in [1.807, 2.05) is 81.4 Å². The Bertz CT molecular complexity index is 1570. The quantitative estimate of drug-likeness (QED) is 0.0716. The van der Waals surface area contributed by atoms with Gasteiger partial charge in [-0.05, 0) is 79.3 Å². The van der Waals surface area contributed by atoms with Crippen molar-refractivity contribution in [3.63, 3.8) is 0 Å². The summed E-state index contributed by atoms with van der Waals surface area (Å²) in [4.78, 5) is 39.3. The highest BCUT2D eigenvalue weighted by Gasteiger charge is 2.32. The lowest BCUT2D eigenvalue weighted by atomic mass is 9.85. The first-order chi connectivity index (χ1) is 23.2. The highest BCUT2D eigenvalue weighted by molar-refractivity contribution is 7.80. The molecule has 0 saturated heterocycles. The predicted molar refractivity (Wildman–Crippen MR) is 191 cm³/mol. The minimum absolute atomic E-state index is 0.00872. The van der Waals surface area contributed by atoms with E-state index in [2.05, 4.69) is 24.3 Å². The number of esters is 3. The van der Waals surface area contributed by atoms with Crippen molar-refractivity contribution in [2.45, 2.75) is 46.6 Å². The third-order valence-electron chi connectivity index (χ3n) is 8.16. The van der Waals surface area contributed by atoms with E-state index in [9.17, 15) is 14.4 Å². The van der Waals surface area contributed by atoms with E-state index >= 15 is 0 Å². The molecular formula is C40H45O7P. The van der Waals surface area contributed by atoms with Gasteiger partial charge in [-0.25, -0.2) is 9.59 Å². The van der Waals surface area contributed by atoms with Crippen LogP contribution in [0, 0.1) is 17.8 Å². The molecule has 0 aliphatic carbocycles. The molecule has 48 heavy (non-hydrogen) atoms. The zero-order valence-corrected chi connectivity index (χ0v) is 29.2. The molecule has 0 aromatic heterocycles. The van der Waals surface area contributed by atoms with Gasteiger partial charge in [0.15, 0.2) is 0 Å². The van der Waals surface area contributed by atoms with Crippen LogP contribution in [-0.2, 0) is 19.0 Å². The van der Waals surface area contributed by atoms with Gasteiger partial charge >= 0.3 is 17.9 Å². The van der Waals surface area contributed by atoms with Gasteiger partial charge < -0.3 is 18.9 Å². The summed E-state index contributed by atoms with van der Waals surface area (Å²) in [6.07, 6.45) is 0.273. The third-order valence-corrected chi connectivity index (χ3v) is 10.7. The fraction of sp³-hybridized carbons (Fsp3) is 0.325. The number of methoxy groups -OCH3 is 1. The maximum absolute atomic E-state index is 14.2. The molecule has 0 bridgehead atoms. The highest BCUT2D eigenvalue weighted by atomic mass is 31.1. The van der Waals surface area contributed by atoms with Gasteiger partial charge in [0.2, 0.25) is 0 Å². The van der Waals surface area contributed by atoms with Gasteiger partial charge in [0.05, 0.1) is 31.5 Å². The molecule has 0 saturated carbocycles. The topological polar surface area (TPSA) is 88.1 Å². The molecule has 0 amide bonds. The van der Waals surface area contributed by atoms with Crippen molar-refractivity contribution in [3.8, 4) is 5.75 Å². The molecule has 4 rings (SSSR count). The Morgan fingerprint density at radius 3 is 1.85 bits per heavy atom. The zero-order valence-electron chi connectivity index (χ0n) is 28.3. The van der Waals surface area contributed by atoms with Crippen molar-refractivity contribution in [1.82, 2.24) is 0 Å². The maximum Gasteiger partial charge on any atom is 0.339 e. The summed E-state index contributed by atoms with van der Waals surface area (Å²) in [5.74, 6) is -1.02. The first kappa shape index (κ1) is 36.4. The molecule has 252 valence electrons. The second-order valence-electron chi connectivity index (χ2n) is 12.0. The van der Waals surface area contributed by atoms with Gasteiger partial charge in [-0.2, -0.15) is 0 Å². The third kappa shape index (κ3) is 10.0. The normalized spacial score (nSPS) is 13.5. The summed E-state index contributed by atoms with van der Waals surface area (Å²) in [5, 5.41) is 3.14. The standard InChI is InChI=1S/C40H45O7P/c1-6-45-37(41)26-28(2)25-29(3)38(30(4)27-46-39(42)31-21-23-32(44-5)24-22-31)47-40(43)35-19-13-14-20-36(35)48(33-15-9-7-10-16-33)34-17-11-8-12-18-34/h7-24,28-30,38H,6,25-27H2,1-5H3/t28?,29-,30+,38-/m1/s1. The van der Waals surface area contributed by atoms with Crippen molar-refractivity contribution in [2.75, 3.05) is 20.3 Å². The highest BCUT2D eigenvalue weighted by Crippen LogP contribution is 2.35. The molecule has 0 aliphatic heterocycles. The number of rotatable bonds is 16. The van der Waals surface area contributed by atoms with Crippen LogP contribution in [0.1, 0.15) is 61.3 Å². The van der Waals surface area contributed by atoms with Crippen LogP contribution in [0.15, 0.2) is 109 Å². The van der Waals surface area contributed by atoms with E-state index in [-0.39, 0.29) is 36.8 Å². The average molecular weight is 669 g/mol. The Morgan fingerprint density at radius 1 is 0.688 bits per heavy atom. The van der Waals surface area contributed by atoms with Crippen molar-refractivity contribution in [1.29, 1.82) is 0 Å². The number of hydrogen-bond donors (Lipinski definition) is 0. The van der Waals surface area contributed by atoms with Gasteiger partial charge in [-0.1, -0.05) is 99.6 Å². The van der Waals surface area contributed by atoms with E-state index in [1.165, 1.54) is 0 Å². The largest absolute Gasteiger partial charge is 0.497 e. The second-order valence-corrected chi connectivity index (χ2v) is 14.2. The fourth-order valence-corrected chi connectivity index (χ4v) is 8.31. The lowest BCUT2D eigenvalue weighted by Gasteiger charge is -2.31. The fourth-order valence-electron chi connectivity index (χ4n) is 5.87. The van der Waals surface area contributed by atoms with Crippen LogP contribution in [0.5, 0.6) is 5.75 Å². The number of carbonyl (C=O) groups excluding carboxylic acids is 3. The average Bonchev–Trinajstić information content (AvgIpc) is 3.10. The molecule has 4 aromatic rings. The minimum Gasteiger partial charge on any atom is -0.497 e. The Balaban J connectivity index is 1.60. The van der Waals surface area contributed by atoms with Gasteiger partial charge in [-0.15, -0.1) is 0 Å². The zero-order chi connectivity index (χ0) is 34.5. The molecule has 4 atom stereocenters. The first-order valence-corrected chi connectivity index (χ1v) is 17.7. The lowest BCUT2D eigenvalue weighted by Crippen LogP contribution is -2.36. The molecular weight excluding hydrogens is 623 g/mol. The monoisotopic (exact) mass is 668 g/mol. The van der Waals surface area contributed by atoms with Gasteiger partial charge in [0.1, 0.15) is 11.9 Å². The van der Waals surface area contributed by atoms with Gasteiger partial charge in [-0.3, -0.25) is 4.79 Å². The molecule has 0 aliphatic rings. The SMILES string of the molecule is CCOC(=O)CC(C)C[C@@H](C)[C@@H](OC(=O)c1ccccc1P(c1ccccc1)c1ccccc1)[C@@H](C)COC(=O)c1ccc(OC)cc1. The number of hydrogen-bond acceptors (Lipinski definition) is 7. The summed E-state index contributed by atoms with van der Waals surface area (Å²) in [6.45, 7) is 8.07. The smallest absolute Gasteiger partial charge is 0.339 e. The second kappa shape index (κ2) is 18.2. The number of benzene rings is 4. The van der Waals surface area contributed by atoms with Crippen LogP contribution in [-0.4, -0.2) is 44.3 Å². The lowest BCUT2D eigenvalue weighted by molar-refractivity contribution is -0.144. The molecule has 0 N–H and O–H groups in total. The van der Waals surface area contributed by atoms with Crippen molar-refractivity contribution in [3.05, 3.63) is 120 Å². The molecule has 4 aromatic carbocycles. The van der Waals surface area contributed by atoms with Crippen LogP contribution < -0.4 is 20.7 Å². The number of carbonyl (C=O) groups is 3. The summed E-state index contributed by atoms with van der Waals surface area (Å²) in [6, 6.07) is 34.7. The minimum atomic E-state index is -1.06. The van der Waals surface area contributed by atoms with Crippen molar-refractivity contribution < 1.29 is 33.3 Å². The van der Waals surface area contributed by atoms with Crippen molar-refractivity contribution in [2.24, 2.45) is 17.8 Å². The van der Waals surface area contributed by atoms with Crippen LogP contribution >= 0.6 is 7.92 Å². The van der Waals surface area contributed by atoms with Crippen LogP contribution in [0.4, 0.5) is 0 Å². The molecule has 1 unspecified atom stereocenters. The summed E-state index contributed by atoms with van der Waals surface area (Å²) in [7, 11) is 0.506. The summed E-state index contributed by atoms with van der Waals surface area (Å²) < 4.78 is 22.5. The molecule has 0 radical (unpaired) electrons. The summed E-state index contributed by atoms with van der Waals surface area (Å²) in [5.41, 5.74) is 0.896. The van der Waals surface area contributed by atoms with Crippen molar-refractivity contribution >= 4 is 41.7 Å². The molecule has 7 nitrogen and oxygen atoms in total. The summed E-state index contributed by atoms with van der Waals surface area (Å²) >= 11 is 0. The Hall–Kier alpha value is -4.48. The maximum atomic E-state index is 14.2. The van der Waals surface area contributed by atoms with E-state index in [0.717, 1.165) is 15.9 Å². The number of ether oxygens (including phenoxy) is 4. The van der Waals surface area contributed by atoms with Gasteiger partial charge in [0, 0.05) is 12.3 Å². The van der Waals surface area contributed by atoms with E-state index in [4.69, 9.17) is 18.9 Å². The van der Waals surface area contributed by atoms with Crippen LogP contribution in [0.3, 0.4) is 0 Å². The molecule has 8 heteroatoms. The Labute approximate surface area is 285 Å².